The van der Waals surface area contributed by atoms with Crippen molar-refractivity contribution in [3.8, 4) is 0 Å². The summed E-state index contributed by atoms with van der Waals surface area (Å²) in [5, 5.41) is 6.78. The highest BCUT2D eigenvalue weighted by molar-refractivity contribution is 14.0. The molecule has 2 N–H and O–H groups in total. The highest BCUT2D eigenvalue weighted by Gasteiger charge is 2.05. The summed E-state index contributed by atoms with van der Waals surface area (Å²) in [6.45, 7) is 12.6. The summed E-state index contributed by atoms with van der Waals surface area (Å²) in [6.07, 6.45) is 4.67. The number of hydrogen-bond acceptors (Lipinski definition) is 3. The number of rotatable bonds is 13. The van der Waals surface area contributed by atoms with Crippen LogP contribution in [0.15, 0.2) is 4.99 Å². The van der Waals surface area contributed by atoms with Crippen LogP contribution in [0, 0.1) is 5.92 Å². The number of hydrogen-bond donors (Lipinski definition) is 2. The molecule has 0 aliphatic heterocycles. The normalized spacial score (nSPS) is 12.9. The molecular weight excluding hydrogens is 405 g/mol. The first kappa shape index (κ1) is 25.2. The number of ether oxygens (including phenoxy) is 2. The number of nitrogens with zero attached hydrogens (tertiary/aromatic N) is 1. The number of aliphatic imine (C=N–C) groups is 1. The van der Waals surface area contributed by atoms with Gasteiger partial charge in [-0.15, -0.1) is 24.0 Å². The number of methoxy groups -OCH3 is 1. The lowest BCUT2D eigenvalue weighted by Gasteiger charge is -2.18. The van der Waals surface area contributed by atoms with Crippen molar-refractivity contribution >= 4 is 29.9 Å². The van der Waals surface area contributed by atoms with Crippen molar-refractivity contribution in [3.63, 3.8) is 0 Å². The van der Waals surface area contributed by atoms with E-state index in [1.807, 2.05) is 0 Å². The molecule has 1 unspecified atom stereocenters. The van der Waals surface area contributed by atoms with Crippen LogP contribution in [-0.2, 0) is 9.47 Å². The molecule has 0 aromatic rings. The van der Waals surface area contributed by atoms with Gasteiger partial charge in [-0.3, -0.25) is 4.99 Å². The van der Waals surface area contributed by atoms with Gasteiger partial charge in [0.15, 0.2) is 5.96 Å². The minimum atomic E-state index is 0. The van der Waals surface area contributed by atoms with E-state index in [9.17, 15) is 0 Å². The Labute approximate surface area is 160 Å². The van der Waals surface area contributed by atoms with Gasteiger partial charge in [-0.25, -0.2) is 0 Å². The Bertz CT molecular complexity index is 277. The molecule has 0 aliphatic carbocycles. The smallest absolute Gasteiger partial charge is 0.191 e. The first-order valence-electron chi connectivity index (χ1n) is 8.71. The quantitative estimate of drug-likeness (QED) is 0.198. The SMILES string of the molecule is CCNC(=NCCCOCCOC)NC(C)CCCC(C)C.I. The second-order valence-corrected chi connectivity index (χ2v) is 6.09. The number of halogens is 1. The maximum atomic E-state index is 5.44. The van der Waals surface area contributed by atoms with E-state index in [1.54, 1.807) is 7.11 Å². The van der Waals surface area contributed by atoms with Gasteiger partial charge in [0, 0.05) is 32.8 Å². The Morgan fingerprint density at radius 2 is 1.78 bits per heavy atom. The molecule has 6 heteroatoms. The Morgan fingerprint density at radius 3 is 2.39 bits per heavy atom. The Kier molecular flexibility index (Phi) is 20.0. The van der Waals surface area contributed by atoms with Gasteiger partial charge in [-0.05, 0) is 32.6 Å². The van der Waals surface area contributed by atoms with Crippen molar-refractivity contribution in [1.82, 2.24) is 10.6 Å². The molecule has 23 heavy (non-hydrogen) atoms. The third-order valence-electron chi connectivity index (χ3n) is 3.29. The molecule has 0 bridgehead atoms. The monoisotopic (exact) mass is 443 g/mol. The van der Waals surface area contributed by atoms with Crippen LogP contribution in [0.2, 0.25) is 0 Å². The summed E-state index contributed by atoms with van der Waals surface area (Å²) in [4.78, 5) is 4.60. The van der Waals surface area contributed by atoms with Crippen LogP contribution in [0.3, 0.4) is 0 Å². The Hall–Kier alpha value is -0.0800. The summed E-state index contributed by atoms with van der Waals surface area (Å²) in [5.41, 5.74) is 0. The van der Waals surface area contributed by atoms with Gasteiger partial charge in [-0.1, -0.05) is 26.7 Å². The molecule has 0 amide bonds. The molecular formula is C17H38IN3O2. The molecule has 0 saturated heterocycles. The Balaban J connectivity index is 0. The fraction of sp³-hybridized carbons (Fsp3) is 0.941. The van der Waals surface area contributed by atoms with Crippen molar-refractivity contribution in [2.24, 2.45) is 10.9 Å². The summed E-state index contributed by atoms with van der Waals surface area (Å²) >= 11 is 0. The standard InChI is InChI=1S/C17H37N3O2.HI/c1-6-18-17(19-11-8-12-22-14-13-21-5)20-16(4)10-7-9-15(2)3;/h15-16H,6-14H2,1-5H3,(H2,18,19,20);1H. The molecule has 0 aromatic carbocycles. The molecule has 5 nitrogen and oxygen atoms in total. The predicted octanol–water partition coefficient (Wildman–Crippen LogP) is 3.43. The fourth-order valence-corrected chi connectivity index (χ4v) is 2.06. The van der Waals surface area contributed by atoms with E-state index in [2.05, 4.69) is 43.3 Å². The zero-order valence-electron chi connectivity index (χ0n) is 15.7. The maximum Gasteiger partial charge on any atom is 0.191 e. The lowest BCUT2D eigenvalue weighted by atomic mass is 10.0. The van der Waals surface area contributed by atoms with Crippen LogP contribution in [0.25, 0.3) is 0 Å². The van der Waals surface area contributed by atoms with Crippen molar-refractivity contribution in [2.45, 2.75) is 59.4 Å². The topological polar surface area (TPSA) is 54.9 Å². The van der Waals surface area contributed by atoms with E-state index in [0.717, 1.165) is 38.0 Å². The molecule has 0 rings (SSSR count). The van der Waals surface area contributed by atoms with Crippen molar-refractivity contribution in [1.29, 1.82) is 0 Å². The third kappa shape index (κ3) is 18.1. The second kappa shape index (κ2) is 18.3. The molecule has 1 atom stereocenters. The Morgan fingerprint density at radius 1 is 1.04 bits per heavy atom. The lowest BCUT2D eigenvalue weighted by Crippen LogP contribution is -2.42. The second-order valence-electron chi connectivity index (χ2n) is 6.09. The average Bonchev–Trinajstić information content (AvgIpc) is 2.46. The van der Waals surface area contributed by atoms with Crippen LogP contribution < -0.4 is 10.6 Å². The van der Waals surface area contributed by atoms with E-state index < -0.39 is 0 Å². The average molecular weight is 443 g/mol. The molecule has 0 spiro atoms. The van der Waals surface area contributed by atoms with E-state index in [-0.39, 0.29) is 24.0 Å². The minimum absolute atomic E-state index is 0. The summed E-state index contributed by atoms with van der Waals surface area (Å²) in [7, 11) is 1.68. The summed E-state index contributed by atoms with van der Waals surface area (Å²) in [6, 6.07) is 0.453. The maximum absolute atomic E-state index is 5.44. The fourth-order valence-electron chi connectivity index (χ4n) is 2.06. The predicted molar refractivity (Wildman–Crippen MR) is 110 cm³/mol. The summed E-state index contributed by atoms with van der Waals surface area (Å²) in [5.74, 6) is 1.70. The van der Waals surface area contributed by atoms with Gasteiger partial charge in [0.25, 0.3) is 0 Å². The molecule has 0 fully saturated rings. The van der Waals surface area contributed by atoms with Crippen LogP contribution in [0.4, 0.5) is 0 Å². The van der Waals surface area contributed by atoms with Gasteiger partial charge in [0.05, 0.1) is 13.2 Å². The summed E-state index contributed by atoms with van der Waals surface area (Å²) < 4.78 is 10.4. The lowest BCUT2D eigenvalue weighted by molar-refractivity contribution is 0.0702. The van der Waals surface area contributed by atoms with Crippen molar-refractivity contribution < 1.29 is 9.47 Å². The van der Waals surface area contributed by atoms with Gasteiger partial charge in [0.1, 0.15) is 0 Å². The number of guanidine groups is 1. The molecule has 0 aromatic heterocycles. The van der Waals surface area contributed by atoms with Crippen LogP contribution in [0.5, 0.6) is 0 Å². The van der Waals surface area contributed by atoms with Gasteiger partial charge >= 0.3 is 0 Å². The van der Waals surface area contributed by atoms with Crippen LogP contribution in [-0.4, -0.2) is 52.0 Å². The molecule has 0 radical (unpaired) electrons. The highest BCUT2D eigenvalue weighted by atomic mass is 127. The van der Waals surface area contributed by atoms with Gasteiger partial charge < -0.3 is 20.1 Å². The van der Waals surface area contributed by atoms with E-state index in [1.165, 1.54) is 19.3 Å². The van der Waals surface area contributed by atoms with Crippen molar-refractivity contribution in [3.05, 3.63) is 0 Å². The van der Waals surface area contributed by atoms with E-state index in [0.29, 0.717) is 19.3 Å². The third-order valence-corrected chi connectivity index (χ3v) is 3.29. The molecule has 0 saturated carbocycles. The van der Waals surface area contributed by atoms with E-state index >= 15 is 0 Å². The van der Waals surface area contributed by atoms with Crippen LogP contribution in [0.1, 0.15) is 53.4 Å². The first-order valence-corrected chi connectivity index (χ1v) is 8.71. The van der Waals surface area contributed by atoms with E-state index in [4.69, 9.17) is 9.47 Å². The molecule has 0 heterocycles. The van der Waals surface area contributed by atoms with Gasteiger partial charge in [0.2, 0.25) is 0 Å². The zero-order chi connectivity index (χ0) is 16.6. The number of nitrogens with one attached hydrogen (secondary N) is 2. The highest BCUT2D eigenvalue weighted by Crippen LogP contribution is 2.08. The molecule has 140 valence electrons. The zero-order valence-corrected chi connectivity index (χ0v) is 18.0. The first-order chi connectivity index (χ1) is 10.6. The van der Waals surface area contributed by atoms with Gasteiger partial charge in [-0.2, -0.15) is 0 Å². The minimum Gasteiger partial charge on any atom is -0.382 e. The van der Waals surface area contributed by atoms with Crippen molar-refractivity contribution in [2.75, 3.05) is 40.0 Å². The molecule has 0 aliphatic rings. The largest absolute Gasteiger partial charge is 0.382 e. The van der Waals surface area contributed by atoms with Crippen LogP contribution >= 0.6 is 24.0 Å².